The molecular weight excluding hydrogens is 540 g/mol. The van der Waals surface area contributed by atoms with Crippen molar-refractivity contribution >= 4 is 23.8 Å². The Labute approximate surface area is 241 Å². The molecule has 0 aromatic heterocycles. The molecule has 0 aliphatic carbocycles. The van der Waals surface area contributed by atoms with Gasteiger partial charge in [0.2, 0.25) is 5.91 Å². The molecule has 2 N–H and O–H groups in total. The molecular formula is C32H28N2O8. The first-order valence-corrected chi connectivity index (χ1v) is 13.2. The van der Waals surface area contributed by atoms with Crippen molar-refractivity contribution in [1.29, 1.82) is 0 Å². The number of benzene rings is 3. The van der Waals surface area contributed by atoms with Gasteiger partial charge in [0.1, 0.15) is 12.7 Å². The topological polar surface area (TPSA) is 134 Å². The van der Waals surface area contributed by atoms with E-state index in [9.17, 15) is 19.2 Å². The van der Waals surface area contributed by atoms with Crippen LogP contribution >= 0.6 is 0 Å². The predicted molar refractivity (Wildman–Crippen MR) is 150 cm³/mol. The summed E-state index contributed by atoms with van der Waals surface area (Å²) in [7, 11) is 0. The summed E-state index contributed by atoms with van der Waals surface area (Å²) >= 11 is 0. The van der Waals surface area contributed by atoms with Crippen molar-refractivity contribution in [1.82, 2.24) is 4.90 Å². The van der Waals surface area contributed by atoms with E-state index < -0.39 is 48.4 Å². The second-order valence-electron chi connectivity index (χ2n) is 9.56. The Morgan fingerprint density at radius 1 is 0.738 bits per heavy atom. The zero-order valence-corrected chi connectivity index (χ0v) is 22.4. The molecule has 0 spiro atoms. The number of hydrogen-bond acceptors (Lipinski definition) is 9. The Balaban J connectivity index is 1.47. The summed E-state index contributed by atoms with van der Waals surface area (Å²) in [5.41, 5.74) is 6.68. The molecule has 2 aliphatic rings. The number of amides is 1. The number of nitrogens with zero attached hydrogens (tertiary/aromatic N) is 1. The Morgan fingerprint density at radius 2 is 1.24 bits per heavy atom. The summed E-state index contributed by atoms with van der Waals surface area (Å²) in [5, 5.41) is 0. The van der Waals surface area contributed by atoms with E-state index in [-0.39, 0.29) is 17.7 Å². The van der Waals surface area contributed by atoms with E-state index in [1.54, 1.807) is 103 Å². The van der Waals surface area contributed by atoms with Gasteiger partial charge < -0.3 is 29.6 Å². The van der Waals surface area contributed by atoms with Gasteiger partial charge in [0.05, 0.1) is 16.7 Å². The van der Waals surface area contributed by atoms with Crippen molar-refractivity contribution in [2.24, 2.45) is 5.73 Å². The number of ether oxygens (including phenoxy) is 4. The van der Waals surface area contributed by atoms with Crippen LogP contribution in [0, 0.1) is 0 Å². The van der Waals surface area contributed by atoms with Gasteiger partial charge in [-0.25, -0.2) is 14.4 Å². The first-order chi connectivity index (χ1) is 20.4. The lowest BCUT2D eigenvalue weighted by Crippen LogP contribution is -2.45. The highest BCUT2D eigenvalue weighted by Gasteiger charge is 2.52. The van der Waals surface area contributed by atoms with Gasteiger partial charge in [0.15, 0.2) is 18.4 Å². The highest BCUT2D eigenvalue weighted by molar-refractivity contribution is 5.92. The maximum Gasteiger partial charge on any atom is 0.338 e. The second-order valence-corrected chi connectivity index (χ2v) is 9.56. The number of allylic oxidation sites excluding steroid dienone is 1. The first-order valence-electron chi connectivity index (χ1n) is 13.2. The van der Waals surface area contributed by atoms with E-state index in [2.05, 4.69) is 0 Å². The molecule has 3 aromatic rings. The van der Waals surface area contributed by atoms with Gasteiger partial charge in [-0.1, -0.05) is 60.7 Å². The quantitative estimate of drug-likeness (QED) is 0.303. The van der Waals surface area contributed by atoms with Crippen LogP contribution in [0.4, 0.5) is 0 Å². The van der Waals surface area contributed by atoms with Crippen LogP contribution in [0.15, 0.2) is 115 Å². The standard InChI is InChI=1S/C32H28N2O8/c33-28(35)24-17-10-18-34(19-24)29-27(42-32(38)23-15-8-3-9-16-23)26(41-31(37)22-13-6-2-7-14-22)25(40-29)20-39-30(36)21-11-4-1-5-12-21/h1-16,18-19,25-27,29H,17,20H2,(H2,33,35)/t25?,26-,27-,29-/m1/s1. The third-order valence-electron chi connectivity index (χ3n) is 6.71. The monoisotopic (exact) mass is 568 g/mol. The fourth-order valence-electron chi connectivity index (χ4n) is 4.60. The van der Waals surface area contributed by atoms with Crippen LogP contribution in [0.25, 0.3) is 0 Å². The molecule has 1 unspecified atom stereocenters. The molecule has 2 aliphatic heterocycles. The molecule has 214 valence electrons. The summed E-state index contributed by atoms with van der Waals surface area (Å²) in [6, 6.07) is 25.0. The van der Waals surface area contributed by atoms with Crippen LogP contribution in [-0.2, 0) is 23.7 Å². The summed E-state index contributed by atoms with van der Waals surface area (Å²) in [6.07, 6.45) is 0.658. The summed E-state index contributed by atoms with van der Waals surface area (Å²) in [5.74, 6) is -2.60. The zero-order chi connectivity index (χ0) is 29.5. The van der Waals surface area contributed by atoms with E-state index in [4.69, 9.17) is 24.7 Å². The summed E-state index contributed by atoms with van der Waals surface area (Å²) in [4.78, 5) is 52.6. The number of primary amides is 1. The smallest absolute Gasteiger partial charge is 0.338 e. The van der Waals surface area contributed by atoms with Gasteiger partial charge in [-0.05, 0) is 42.8 Å². The number of nitrogens with two attached hydrogens (primary N) is 1. The van der Waals surface area contributed by atoms with Crippen molar-refractivity contribution in [2.45, 2.75) is 31.0 Å². The fraction of sp³-hybridized carbons (Fsp3) is 0.188. The number of esters is 3. The van der Waals surface area contributed by atoms with Crippen molar-refractivity contribution in [3.63, 3.8) is 0 Å². The molecule has 42 heavy (non-hydrogen) atoms. The van der Waals surface area contributed by atoms with Crippen LogP contribution in [0.3, 0.4) is 0 Å². The summed E-state index contributed by atoms with van der Waals surface area (Å²) in [6.45, 7) is -0.319. The normalized spacial score (nSPS) is 21.2. The number of carbonyl (C=O) groups excluding carboxylic acids is 4. The van der Waals surface area contributed by atoms with Gasteiger partial charge in [-0.2, -0.15) is 0 Å². The molecule has 10 heteroatoms. The minimum absolute atomic E-state index is 0.267. The number of rotatable bonds is 9. The van der Waals surface area contributed by atoms with Crippen LogP contribution in [-0.4, -0.2) is 59.9 Å². The van der Waals surface area contributed by atoms with E-state index in [0.29, 0.717) is 17.6 Å². The van der Waals surface area contributed by atoms with Crippen LogP contribution in [0.5, 0.6) is 0 Å². The largest absolute Gasteiger partial charge is 0.459 e. The molecule has 1 fully saturated rings. The molecule has 3 aromatic carbocycles. The third kappa shape index (κ3) is 6.56. The van der Waals surface area contributed by atoms with Crippen molar-refractivity contribution in [3.8, 4) is 0 Å². The molecule has 1 saturated heterocycles. The average molecular weight is 569 g/mol. The lowest BCUT2D eigenvalue weighted by molar-refractivity contribution is -0.115. The summed E-state index contributed by atoms with van der Waals surface area (Å²) < 4.78 is 23.6. The van der Waals surface area contributed by atoms with Gasteiger partial charge >= 0.3 is 17.9 Å². The van der Waals surface area contributed by atoms with E-state index in [0.717, 1.165) is 0 Å². The fourth-order valence-corrected chi connectivity index (χ4v) is 4.60. The Hall–Kier alpha value is -5.22. The zero-order valence-electron chi connectivity index (χ0n) is 22.4. The number of hydrogen-bond donors (Lipinski definition) is 1. The lowest BCUT2D eigenvalue weighted by Gasteiger charge is -2.31. The minimum Gasteiger partial charge on any atom is -0.459 e. The maximum atomic E-state index is 13.2. The van der Waals surface area contributed by atoms with Crippen LogP contribution < -0.4 is 5.73 Å². The lowest BCUT2D eigenvalue weighted by atomic mass is 10.1. The minimum atomic E-state index is -1.20. The van der Waals surface area contributed by atoms with Crippen molar-refractivity contribution in [2.75, 3.05) is 6.61 Å². The highest BCUT2D eigenvalue weighted by atomic mass is 16.7. The molecule has 2 heterocycles. The molecule has 1 amide bonds. The van der Waals surface area contributed by atoms with Gasteiger partial charge in [-0.15, -0.1) is 0 Å². The molecule has 4 atom stereocenters. The van der Waals surface area contributed by atoms with E-state index in [1.807, 2.05) is 0 Å². The molecule has 5 rings (SSSR count). The van der Waals surface area contributed by atoms with Gasteiger partial charge in [-0.3, -0.25) is 4.79 Å². The van der Waals surface area contributed by atoms with Crippen LogP contribution in [0.1, 0.15) is 37.5 Å². The van der Waals surface area contributed by atoms with Gasteiger partial charge in [0.25, 0.3) is 0 Å². The second kappa shape index (κ2) is 13.0. The van der Waals surface area contributed by atoms with Crippen molar-refractivity contribution in [3.05, 3.63) is 132 Å². The van der Waals surface area contributed by atoms with Gasteiger partial charge in [0, 0.05) is 18.0 Å². The highest BCUT2D eigenvalue weighted by Crippen LogP contribution is 2.33. The molecule has 10 nitrogen and oxygen atoms in total. The Morgan fingerprint density at radius 3 is 1.76 bits per heavy atom. The number of carbonyl (C=O) groups is 4. The Kier molecular flexibility index (Phi) is 8.74. The van der Waals surface area contributed by atoms with E-state index >= 15 is 0 Å². The third-order valence-corrected chi connectivity index (χ3v) is 6.71. The molecule has 0 bridgehead atoms. The predicted octanol–water partition coefficient (Wildman–Crippen LogP) is 3.61. The van der Waals surface area contributed by atoms with E-state index in [1.165, 1.54) is 11.1 Å². The van der Waals surface area contributed by atoms with Crippen molar-refractivity contribution < 1.29 is 38.1 Å². The maximum absolute atomic E-state index is 13.2. The van der Waals surface area contributed by atoms with Crippen LogP contribution in [0.2, 0.25) is 0 Å². The first kappa shape index (κ1) is 28.3. The molecule has 0 saturated carbocycles. The average Bonchev–Trinajstić information content (AvgIpc) is 3.37. The Bertz CT molecular complexity index is 1490. The molecule has 0 radical (unpaired) electrons. The SMILES string of the molecule is NC(=O)C1=CN([C@@H]2OC(COC(=O)c3ccccc3)[C@@H](OC(=O)c3ccccc3)[C@H]2OC(=O)c2ccccc2)C=CC1.